The van der Waals surface area contributed by atoms with Crippen molar-refractivity contribution in [3.8, 4) is 23.0 Å². The Morgan fingerprint density at radius 1 is 0.543 bits per heavy atom. The van der Waals surface area contributed by atoms with Crippen LogP contribution in [0.3, 0.4) is 0 Å². The van der Waals surface area contributed by atoms with Gasteiger partial charge in [0.25, 0.3) is 9.05 Å². The van der Waals surface area contributed by atoms with Crippen LogP contribution in [-0.4, -0.2) is 53.1 Å². The molecule has 0 saturated heterocycles. The largest absolute Gasteiger partial charge is 1.00 e. The Kier molecular flexibility index (Phi) is 22.6. The van der Waals surface area contributed by atoms with Crippen LogP contribution in [0.15, 0.2) is 121 Å². The summed E-state index contributed by atoms with van der Waals surface area (Å²) >= 11 is 3.16. The third-order valence-corrected chi connectivity index (χ3v) is 6.00. The summed E-state index contributed by atoms with van der Waals surface area (Å²) in [6.07, 6.45) is 0. The Labute approximate surface area is 303 Å². The van der Waals surface area contributed by atoms with Gasteiger partial charge in [-0.1, -0.05) is 72.8 Å². The summed E-state index contributed by atoms with van der Waals surface area (Å²) in [7, 11) is -7.48. The van der Waals surface area contributed by atoms with Crippen molar-refractivity contribution in [1.82, 2.24) is 0 Å². The van der Waals surface area contributed by atoms with Crippen molar-refractivity contribution in [3.63, 3.8) is 0 Å². The molecule has 18 heteroatoms. The van der Waals surface area contributed by atoms with Gasteiger partial charge in [0.15, 0.2) is 5.94 Å². The van der Waals surface area contributed by atoms with Crippen LogP contribution in [0.4, 0.5) is 3.89 Å². The van der Waals surface area contributed by atoms with E-state index in [9.17, 15) is 33.7 Å². The smallest absolute Gasteiger partial charge is 0.745 e. The molecule has 0 bridgehead atoms. The molecule has 0 unspecified atom stereocenters. The maximum Gasteiger partial charge on any atom is 1.00 e. The summed E-state index contributed by atoms with van der Waals surface area (Å²) in [6.45, 7) is 0. The van der Waals surface area contributed by atoms with Gasteiger partial charge in [-0.25, -0.2) is 16.8 Å². The molecule has 0 aliphatic carbocycles. The number of alkyl halides is 1. The Morgan fingerprint density at radius 2 is 0.826 bits per heavy atom. The third-order valence-electron chi connectivity index (χ3n) is 4.30. The normalized spacial score (nSPS) is 10.4. The molecule has 0 fully saturated rings. The van der Waals surface area contributed by atoms with E-state index in [0.29, 0.717) is 22.8 Å². The summed E-state index contributed by atoms with van der Waals surface area (Å²) in [5.74, 6) is -0.168. The third kappa shape index (κ3) is 26.8. The number of rotatable bonds is 11. The molecule has 0 N–H and O–H groups in total. The number of hydrogen-bond acceptors (Lipinski definition) is 11. The Bertz CT molecular complexity index is 1510. The van der Waals surface area contributed by atoms with Gasteiger partial charge in [-0.05, 0) is 64.5 Å². The maximum absolute atomic E-state index is 11.9. The van der Waals surface area contributed by atoms with Gasteiger partial charge in [0.05, 0.1) is 0 Å². The van der Waals surface area contributed by atoms with Crippen molar-refractivity contribution in [2.75, 3.05) is 23.3 Å². The molecular formula is C28H28BrClFNaO11S3. The molecule has 0 heterocycles. The molecule has 0 spiro atoms. The molecule has 0 aliphatic rings. The Morgan fingerprint density at radius 3 is 1.09 bits per heavy atom. The van der Waals surface area contributed by atoms with Crippen LogP contribution < -0.4 is 48.5 Å². The molecule has 0 aliphatic heterocycles. The van der Waals surface area contributed by atoms with E-state index in [0.717, 1.165) is 5.75 Å². The zero-order chi connectivity index (χ0) is 33.6. The van der Waals surface area contributed by atoms with Crippen molar-refractivity contribution in [1.29, 1.82) is 0 Å². The van der Waals surface area contributed by atoms with Crippen molar-refractivity contribution in [3.05, 3.63) is 121 Å². The van der Waals surface area contributed by atoms with Crippen molar-refractivity contribution < 1.29 is 82.2 Å². The first kappa shape index (κ1) is 43.6. The van der Waals surface area contributed by atoms with Crippen molar-refractivity contribution in [2.45, 2.75) is 0 Å². The summed E-state index contributed by atoms with van der Waals surface area (Å²) in [5.41, 5.74) is 0.553. The minimum atomic E-state index is -4.54. The van der Waals surface area contributed by atoms with E-state index in [1.807, 2.05) is 36.4 Å². The van der Waals surface area contributed by atoms with E-state index < -0.39 is 47.2 Å². The predicted octanol–water partition coefficient (Wildman–Crippen LogP) is 2.90. The minimum absolute atomic E-state index is 0. The number of para-hydroxylation sites is 4. The van der Waals surface area contributed by atoms with Crippen LogP contribution in [0.1, 0.15) is 0 Å². The molecule has 0 saturated carbocycles. The maximum atomic E-state index is 11.9. The number of ether oxygens (including phenoxy) is 4. The Hall–Kier alpha value is -2.41. The zero-order valence-corrected chi connectivity index (χ0v) is 31.0. The van der Waals surface area contributed by atoms with Crippen LogP contribution in [0, 0.1) is 0 Å². The van der Waals surface area contributed by atoms with Gasteiger partial charge in [-0.15, -0.1) is 3.89 Å². The molecule has 0 amide bonds. The predicted molar refractivity (Wildman–Crippen MR) is 171 cm³/mol. The van der Waals surface area contributed by atoms with Crippen molar-refractivity contribution >= 4 is 56.0 Å². The van der Waals surface area contributed by atoms with E-state index in [-0.39, 0.29) is 29.6 Å². The second-order valence-electron chi connectivity index (χ2n) is 7.93. The fourth-order valence-electron chi connectivity index (χ4n) is 2.55. The van der Waals surface area contributed by atoms with Gasteiger partial charge in [-0.3, -0.25) is 0 Å². The van der Waals surface area contributed by atoms with Crippen LogP contribution >= 0.6 is 26.6 Å². The van der Waals surface area contributed by atoms with Gasteiger partial charge in [-0.2, -0.15) is 8.42 Å². The standard InChI is InChI=1S/C7H7BrO.C7H7ClO3S.C7H7FO3S.C7H8O4S.Na/c8-6-9-7-4-2-1-3-5-7;3*8-12(9,10)6-11-7-4-2-1-3-5-7;/h1-5H,6H2;2*1-5H,6H2;1-5H,6H2,(H,8,9,10);/q;;;;+1/p-1. The van der Waals surface area contributed by atoms with Gasteiger partial charge in [0.2, 0.25) is 11.9 Å². The van der Waals surface area contributed by atoms with Crippen LogP contribution in [0.2, 0.25) is 0 Å². The molecule has 0 radical (unpaired) electrons. The molecule has 0 aromatic heterocycles. The van der Waals surface area contributed by atoms with Crippen LogP contribution in [0.5, 0.6) is 23.0 Å². The van der Waals surface area contributed by atoms with Gasteiger partial charge < -0.3 is 23.5 Å². The first-order chi connectivity index (χ1) is 21.2. The topological polar surface area (TPSA) is 162 Å². The quantitative estimate of drug-likeness (QED) is 0.0951. The van der Waals surface area contributed by atoms with Gasteiger partial charge >= 0.3 is 39.8 Å². The molecular weight excluding hydrogens is 766 g/mol. The first-order valence-corrected chi connectivity index (χ1v) is 19.0. The molecule has 4 aromatic rings. The minimum Gasteiger partial charge on any atom is -0.745 e. The fraction of sp³-hybridized carbons (Fsp3) is 0.143. The zero-order valence-electron chi connectivity index (χ0n) is 24.2. The molecule has 11 nitrogen and oxygen atoms in total. The summed E-state index contributed by atoms with van der Waals surface area (Å²) in [6, 6.07) is 34.8. The second kappa shape index (κ2) is 23.8. The average molecular weight is 794 g/mol. The number of hydrogen-bond donors (Lipinski definition) is 0. The molecule has 4 rings (SSSR count). The Balaban J connectivity index is 0.000000586. The molecule has 0 atom stereocenters. The fourth-order valence-corrected chi connectivity index (χ4v) is 3.78. The first-order valence-electron chi connectivity index (χ1n) is 12.2. The second-order valence-corrected chi connectivity index (χ2v) is 13.8. The molecule has 4 aromatic carbocycles. The van der Waals surface area contributed by atoms with Crippen molar-refractivity contribution in [2.24, 2.45) is 0 Å². The average Bonchev–Trinajstić information content (AvgIpc) is 3.00. The molecule has 46 heavy (non-hydrogen) atoms. The van der Waals surface area contributed by atoms with E-state index in [2.05, 4.69) is 25.4 Å². The van der Waals surface area contributed by atoms with E-state index >= 15 is 0 Å². The molecule has 246 valence electrons. The summed E-state index contributed by atoms with van der Waals surface area (Å²) < 4.78 is 102. The van der Waals surface area contributed by atoms with Crippen LogP contribution in [-0.2, 0) is 29.4 Å². The summed E-state index contributed by atoms with van der Waals surface area (Å²) in [4.78, 5) is 0. The van der Waals surface area contributed by atoms with Gasteiger partial charge in [0.1, 0.15) is 38.6 Å². The monoisotopic (exact) mass is 792 g/mol. The summed E-state index contributed by atoms with van der Waals surface area (Å²) in [5, 5.41) is 0. The van der Waals surface area contributed by atoms with E-state index in [1.165, 1.54) is 0 Å². The van der Waals surface area contributed by atoms with E-state index in [1.54, 1.807) is 84.9 Å². The number of benzene rings is 4. The van der Waals surface area contributed by atoms with Gasteiger partial charge in [0, 0.05) is 10.7 Å². The van der Waals surface area contributed by atoms with E-state index in [4.69, 9.17) is 20.2 Å². The van der Waals surface area contributed by atoms with Crippen LogP contribution in [0.25, 0.3) is 0 Å². The number of halogens is 3. The SMILES string of the molecule is BrCOc1ccccc1.O=S(=O)(Cl)COc1ccccc1.O=S(=O)(F)COc1ccccc1.O=S(=O)([O-])COc1ccccc1.[Na+].